The van der Waals surface area contributed by atoms with E-state index < -0.39 is 0 Å². The maximum absolute atomic E-state index is 4.90. The van der Waals surface area contributed by atoms with Gasteiger partial charge in [0.2, 0.25) is 0 Å². The monoisotopic (exact) mass is 374 g/mol. The lowest BCUT2D eigenvalue weighted by molar-refractivity contribution is 0.174. The number of nitrogens with zero attached hydrogens (tertiary/aromatic N) is 5. The third-order valence-electron chi connectivity index (χ3n) is 5.05. The van der Waals surface area contributed by atoms with Crippen molar-refractivity contribution in [2.24, 2.45) is 4.99 Å². The molecule has 0 amide bonds. The molecule has 0 saturated carbocycles. The van der Waals surface area contributed by atoms with Crippen LogP contribution < -0.4 is 10.2 Å². The first-order chi connectivity index (χ1) is 13.0. The summed E-state index contributed by atoms with van der Waals surface area (Å²) in [5.41, 5.74) is 0. The van der Waals surface area contributed by atoms with E-state index in [2.05, 4.69) is 71.8 Å². The molecule has 2 heterocycles. The Hall–Kier alpha value is -1.82. The fourth-order valence-electron chi connectivity index (χ4n) is 3.66. The molecule has 1 fully saturated rings. The van der Waals surface area contributed by atoms with E-state index in [1.165, 1.54) is 0 Å². The molecule has 0 radical (unpaired) electrons. The summed E-state index contributed by atoms with van der Waals surface area (Å²) in [6.45, 7) is 18.0. The number of pyridine rings is 1. The van der Waals surface area contributed by atoms with Crippen molar-refractivity contribution >= 4 is 11.8 Å². The van der Waals surface area contributed by atoms with Gasteiger partial charge in [0, 0.05) is 64.1 Å². The third-order valence-corrected chi connectivity index (χ3v) is 5.05. The molecular formula is C21H38N6. The van der Waals surface area contributed by atoms with Crippen LogP contribution >= 0.6 is 0 Å². The summed E-state index contributed by atoms with van der Waals surface area (Å²) in [4.78, 5) is 16.6. The van der Waals surface area contributed by atoms with Crippen molar-refractivity contribution in [2.45, 2.75) is 53.1 Å². The lowest BCUT2D eigenvalue weighted by Crippen LogP contribution is -2.52. The van der Waals surface area contributed by atoms with Crippen LogP contribution in [0.15, 0.2) is 29.4 Å². The second-order valence-electron chi connectivity index (χ2n) is 7.68. The molecule has 6 nitrogen and oxygen atoms in total. The topological polar surface area (TPSA) is 47.0 Å². The van der Waals surface area contributed by atoms with Crippen molar-refractivity contribution < 1.29 is 0 Å². The van der Waals surface area contributed by atoms with Crippen molar-refractivity contribution in [2.75, 3.05) is 50.7 Å². The molecule has 0 bridgehead atoms. The van der Waals surface area contributed by atoms with Crippen molar-refractivity contribution in [3.05, 3.63) is 24.4 Å². The van der Waals surface area contributed by atoms with Crippen molar-refractivity contribution in [1.29, 1.82) is 0 Å². The minimum absolute atomic E-state index is 0.585. The highest BCUT2D eigenvalue weighted by molar-refractivity contribution is 5.80. The van der Waals surface area contributed by atoms with Gasteiger partial charge in [0.1, 0.15) is 5.82 Å². The normalized spacial score (nSPS) is 15.9. The quantitative estimate of drug-likeness (QED) is 0.431. The maximum atomic E-state index is 4.90. The minimum Gasteiger partial charge on any atom is -0.357 e. The van der Waals surface area contributed by atoms with Crippen LogP contribution in [0.1, 0.15) is 41.0 Å². The standard InChI is InChI=1S/C21H38N6/c1-6-22-21(24-12-9-13-27(18(2)3)19(4)5)26-16-14-25(15-17-26)20-10-7-8-11-23-20/h7-8,10-11,18-19H,6,9,12-17H2,1-5H3,(H,22,24). The third kappa shape index (κ3) is 6.69. The Morgan fingerprint density at radius 2 is 1.85 bits per heavy atom. The maximum Gasteiger partial charge on any atom is 0.194 e. The van der Waals surface area contributed by atoms with E-state index in [0.29, 0.717) is 12.1 Å². The number of nitrogens with one attached hydrogen (secondary N) is 1. The first-order valence-corrected chi connectivity index (χ1v) is 10.5. The van der Waals surface area contributed by atoms with Gasteiger partial charge in [-0.3, -0.25) is 9.89 Å². The molecule has 0 spiro atoms. The fourth-order valence-corrected chi connectivity index (χ4v) is 3.66. The minimum atomic E-state index is 0.585. The van der Waals surface area contributed by atoms with Gasteiger partial charge in [0.25, 0.3) is 0 Å². The van der Waals surface area contributed by atoms with Gasteiger partial charge in [0.05, 0.1) is 0 Å². The van der Waals surface area contributed by atoms with Crippen molar-refractivity contribution in [3.63, 3.8) is 0 Å². The first-order valence-electron chi connectivity index (χ1n) is 10.5. The van der Waals surface area contributed by atoms with Crippen LogP contribution in [0, 0.1) is 0 Å². The van der Waals surface area contributed by atoms with Crippen LogP contribution in [0.25, 0.3) is 0 Å². The van der Waals surface area contributed by atoms with Crippen LogP contribution in [-0.2, 0) is 0 Å². The molecule has 1 aliphatic rings. The molecule has 0 aromatic carbocycles. The number of aromatic nitrogens is 1. The molecule has 1 aromatic rings. The summed E-state index contributed by atoms with van der Waals surface area (Å²) in [6, 6.07) is 7.28. The van der Waals surface area contributed by atoms with Crippen LogP contribution in [0.2, 0.25) is 0 Å². The number of guanidine groups is 1. The molecule has 152 valence electrons. The van der Waals surface area contributed by atoms with Gasteiger partial charge >= 0.3 is 0 Å². The van der Waals surface area contributed by atoms with Crippen molar-refractivity contribution in [3.8, 4) is 0 Å². The van der Waals surface area contributed by atoms with Gasteiger partial charge in [-0.1, -0.05) is 6.07 Å². The zero-order valence-electron chi connectivity index (χ0n) is 17.9. The van der Waals surface area contributed by atoms with E-state index in [4.69, 9.17) is 4.99 Å². The van der Waals surface area contributed by atoms with E-state index in [-0.39, 0.29) is 0 Å². The average Bonchev–Trinajstić information content (AvgIpc) is 2.67. The van der Waals surface area contributed by atoms with E-state index in [1.54, 1.807) is 0 Å². The Balaban J connectivity index is 1.85. The Morgan fingerprint density at radius 1 is 1.15 bits per heavy atom. The van der Waals surface area contributed by atoms with Gasteiger partial charge in [-0.25, -0.2) is 4.98 Å². The molecule has 0 unspecified atom stereocenters. The summed E-state index contributed by atoms with van der Waals surface area (Å²) >= 11 is 0. The predicted molar refractivity (Wildman–Crippen MR) is 116 cm³/mol. The highest BCUT2D eigenvalue weighted by atomic mass is 15.4. The van der Waals surface area contributed by atoms with E-state index in [9.17, 15) is 0 Å². The highest BCUT2D eigenvalue weighted by Gasteiger charge is 2.20. The largest absolute Gasteiger partial charge is 0.357 e. The van der Waals surface area contributed by atoms with Crippen LogP contribution in [-0.4, -0.2) is 78.6 Å². The van der Waals surface area contributed by atoms with Crippen LogP contribution in [0.4, 0.5) is 5.82 Å². The molecular weight excluding hydrogens is 336 g/mol. The van der Waals surface area contributed by atoms with Crippen LogP contribution in [0.5, 0.6) is 0 Å². The number of rotatable bonds is 8. The Labute approximate surface area is 165 Å². The van der Waals surface area contributed by atoms with E-state index in [1.807, 2.05) is 12.3 Å². The summed E-state index contributed by atoms with van der Waals surface area (Å²) in [6.07, 6.45) is 2.96. The summed E-state index contributed by atoms with van der Waals surface area (Å²) < 4.78 is 0. The number of aliphatic imine (C=N–C) groups is 1. The molecule has 1 aromatic heterocycles. The van der Waals surface area contributed by atoms with Gasteiger partial charge < -0.3 is 15.1 Å². The van der Waals surface area contributed by atoms with Crippen molar-refractivity contribution in [1.82, 2.24) is 20.1 Å². The van der Waals surface area contributed by atoms with E-state index >= 15 is 0 Å². The van der Waals surface area contributed by atoms with Crippen LogP contribution in [0.3, 0.4) is 0 Å². The Kier molecular flexibility index (Phi) is 8.85. The highest BCUT2D eigenvalue weighted by Crippen LogP contribution is 2.12. The number of anilines is 1. The zero-order chi connectivity index (χ0) is 19.6. The number of hydrogen-bond donors (Lipinski definition) is 1. The zero-order valence-corrected chi connectivity index (χ0v) is 17.9. The Bertz CT molecular complexity index is 541. The second-order valence-corrected chi connectivity index (χ2v) is 7.68. The molecule has 6 heteroatoms. The smallest absolute Gasteiger partial charge is 0.194 e. The second kappa shape index (κ2) is 11.1. The molecule has 1 N–H and O–H groups in total. The lowest BCUT2D eigenvalue weighted by Gasteiger charge is -2.37. The number of hydrogen-bond acceptors (Lipinski definition) is 4. The molecule has 1 saturated heterocycles. The summed E-state index contributed by atoms with van der Waals surface area (Å²) in [7, 11) is 0. The summed E-state index contributed by atoms with van der Waals surface area (Å²) in [5.74, 6) is 2.13. The molecule has 0 atom stereocenters. The predicted octanol–water partition coefficient (Wildman–Crippen LogP) is 2.68. The molecule has 2 rings (SSSR count). The molecule has 0 aliphatic carbocycles. The number of piperazine rings is 1. The van der Waals surface area contributed by atoms with Gasteiger partial charge in [-0.2, -0.15) is 0 Å². The molecule has 1 aliphatic heterocycles. The molecule has 27 heavy (non-hydrogen) atoms. The van der Waals surface area contributed by atoms with Gasteiger partial charge in [-0.05, 0) is 53.2 Å². The SMILES string of the molecule is CCNC(=NCCCN(C(C)C)C(C)C)N1CCN(c2ccccn2)CC1. The average molecular weight is 375 g/mol. The lowest BCUT2D eigenvalue weighted by atomic mass is 10.2. The van der Waals surface area contributed by atoms with Gasteiger partial charge in [0.15, 0.2) is 5.96 Å². The Morgan fingerprint density at radius 3 is 2.41 bits per heavy atom. The summed E-state index contributed by atoms with van der Waals surface area (Å²) in [5, 5.41) is 3.47. The van der Waals surface area contributed by atoms with Gasteiger partial charge in [-0.15, -0.1) is 0 Å². The fraction of sp³-hybridized carbons (Fsp3) is 0.714. The first kappa shape index (κ1) is 21.5. The van der Waals surface area contributed by atoms with E-state index in [0.717, 1.165) is 64.0 Å².